The van der Waals surface area contributed by atoms with Gasteiger partial charge in [-0.1, -0.05) is 38.5 Å². The van der Waals surface area contributed by atoms with Gasteiger partial charge in [0.2, 0.25) is 0 Å². The van der Waals surface area contributed by atoms with Gasteiger partial charge in [-0.3, -0.25) is 14.4 Å². The summed E-state index contributed by atoms with van der Waals surface area (Å²) in [5.41, 5.74) is -0.814. The number of cyclic esters (lactones) is 1. The van der Waals surface area contributed by atoms with Crippen molar-refractivity contribution in [3.05, 3.63) is 23.8 Å². The first-order valence-corrected chi connectivity index (χ1v) is 34.4. The summed E-state index contributed by atoms with van der Waals surface area (Å²) in [6.07, 6.45) is -5.87. The lowest BCUT2D eigenvalue weighted by Gasteiger charge is -2.52. The molecule has 4 aliphatic rings. The average Bonchev–Trinajstić information content (AvgIpc) is 3.31. The molecule has 1 unspecified atom stereocenters. The average molecular weight is 1140 g/mol. The van der Waals surface area contributed by atoms with Crippen molar-refractivity contribution in [3.8, 4) is 0 Å². The number of esters is 2. The number of aliphatic hydroxyl groups is 2. The quantitative estimate of drug-likeness (QED) is 0.0623. The van der Waals surface area contributed by atoms with Gasteiger partial charge in [-0.05, 0) is 113 Å². The van der Waals surface area contributed by atoms with Crippen molar-refractivity contribution in [3.63, 3.8) is 0 Å². The molecule has 0 saturated carbocycles. The van der Waals surface area contributed by atoms with Gasteiger partial charge in [-0.2, -0.15) is 0 Å². The molecule has 0 spiro atoms. The molecule has 438 valence electrons. The number of carbonyl (C=O) groups is 4. The largest absolute Gasteiger partial charge is 0.462 e. The molecular formula is C54H94ClNO18Si2. The zero-order chi connectivity index (χ0) is 57.2. The van der Waals surface area contributed by atoms with Crippen LogP contribution in [0.15, 0.2) is 23.8 Å². The molecule has 0 aliphatic carbocycles. The van der Waals surface area contributed by atoms with E-state index in [0.717, 1.165) is 11.9 Å². The Balaban J connectivity index is 1.68. The first kappa shape index (κ1) is 66.5. The second kappa shape index (κ2) is 29.1. The van der Waals surface area contributed by atoms with Gasteiger partial charge in [-0.15, -0.1) is 11.6 Å². The summed E-state index contributed by atoms with van der Waals surface area (Å²) >= 11 is 5.72. The fourth-order valence-corrected chi connectivity index (χ4v) is 13.2. The summed E-state index contributed by atoms with van der Waals surface area (Å²) in [4.78, 5) is 54.9. The Labute approximate surface area is 459 Å². The third kappa shape index (κ3) is 18.5. The number of rotatable bonds is 19. The van der Waals surface area contributed by atoms with Crippen LogP contribution in [0.5, 0.6) is 0 Å². The molecule has 22 heteroatoms. The van der Waals surface area contributed by atoms with E-state index in [0.29, 0.717) is 6.42 Å². The molecular weight excluding hydrogens is 1040 g/mol. The monoisotopic (exact) mass is 1140 g/mol. The highest BCUT2D eigenvalue weighted by Gasteiger charge is 2.54. The zero-order valence-corrected chi connectivity index (χ0v) is 51.3. The summed E-state index contributed by atoms with van der Waals surface area (Å²) < 4.78 is 76.8. The van der Waals surface area contributed by atoms with E-state index in [2.05, 4.69) is 19.6 Å². The number of allylic oxidation sites excluding steroid dienone is 3. The van der Waals surface area contributed by atoms with Crippen LogP contribution in [0.4, 0.5) is 0 Å². The van der Waals surface area contributed by atoms with Crippen molar-refractivity contribution in [2.24, 2.45) is 23.7 Å². The van der Waals surface area contributed by atoms with E-state index in [-0.39, 0.29) is 37.5 Å². The number of hydrogen-bond acceptors (Lipinski definition) is 19. The number of nitrogens with zero attached hydrogens (tertiary/aromatic N) is 1. The number of ether oxygens (including phenoxy) is 10. The summed E-state index contributed by atoms with van der Waals surface area (Å²) in [6.45, 7) is 26.7. The van der Waals surface area contributed by atoms with Crippen molar-refractivity contribution in [2.45, 2.75) is 231 Å². The Morgan fingerprint density at radius 1 is 0.855 bits per heavy atom. The molecule has 0 amide bonds. The molecule has 21 atom stereocenters. The SMILES string of the molecule is CC[C@H]1OC(=O)C[C@@H](O)[C@H](C)[C@@H](O[C@@H]2O[C@H](C)[C@@H](O[C@H]3C[C@@](C)(O)[C@@H](OC(=O)CCl)[C@H](C)O3)[C@H](N(C)C)[C@H]2O[Si](C)(C)C)[C@@H](CC=O)C[C@@H](C)C(=O)/C=C/C(C)=C/C1CO[C@@H]1O[C@H](C)[C@@H](O[Si](C)(C)C)[C@@H](OC)[C@H]1OC. The molecule has 0 bridgehead atoms. The molecule has 4 aliphatic heterocycles. The van der Waals surface area contributed by atoms with Crippen LogP contribution in [0.25, 0.3) is 0 Å². The normalized spacial score (nSPS) is 40.9. The van der Waals surface area contributed by atoms with E-state index in [1.807, 2.05) is 72.4 Å². The van der Waals surface area contributed by atoms with E-state index in [4.69, 9.17) is 67.8 Å². The van der Waals surface area contributed by atoms with Crippen LogP contribution < -0.4 is 0 Å². The molecule has 0 aromatic heterocycles. The Morgan fingerprint density at radius 3 is 2.01 bits per heavy atom. The molecule has 0 aromatic rings. The fourth-order valence-electron chi connectivity index (χ4n) is 11.0. The lowest BCUT2D eigenvalue weighted by Crippen LogP contribution is -2.67. The van der Waals surface area contributed by atoms with Crippen molar-refractivity contribution in [2.75, 3.05) is 40.8 Å². The number of carbonyl (C=O) groups excluding carboxylic acids is 4. The van der Waals surface area contributed by atoms with Gasteiger partial charge in [0.15, 0.2) is 47.4 Å². The minimum atomic E-state index is -2.45. The number of methoxy groups -OCH3 is 2. The molecule has 0 aromatic carbocycles. The molecule has 4 heterocycles. The molecule has 4 rings (SSSR count). The summed E-state index contributed by atoms with van der Waals surface area (Å²) in [5.74, 6) is -4.47. The first-order valence-electron chi connectivity index (χ1n) is 27.0. The number of likely N-dealkylation sites (N-methyl/N-ethyl adjacent to an activating group) is 1. The second-order valence-corrected chi connectivity index (χ2v) is 32.9. The highest BCUT2D eigenvalue weighted by molar-refractivity contribution is 6.70. The van der Waals surface area contributed by atoms with Crippen LogP contribution in [0.1, 0.15) is 87.5 Å². The number of aliphatic hydroxyl groups excluding tert-OH is 1. The molecule has 3 fully saturated rings. The lowest BCUT2D eigenvalue weighted by atomic mass is 9.79. The van der Waals surface area contributed by atoms with E-state index < -0.39 is 162 Å². The van der Waals surface area contributed by atoms with E-state index >= 15 is 0 Å². The van der Waals surface area contributed by atoms with Crippen LogP contribution in [-0.2, 0) is 75.4 Å². The Morgan fingerprint density at radius 2 is 1.46 bits per heavy atom. The lowest BCUT2D eigenvalue weighted by molar-refractivity contribution is -0.340. The van der Waals surface area contributed by atoms with Gasteiger partial charge in [-0.25, -0.2) is 0 Å². The molecule has 19 nitrogen and oxygen atoms in total. The standard InChI is InChI=1S/C54H94ClNO18Si2/c1-19-40-37(29-65-52-50(64-12)49(63-11)47(34(6)67-52)73-75(13,14)15)24-30(2)20-21-38(58)31(3)25-36(22-23-57)45(32(4)39(59)26-41(60)69-40)72-53-48(74-76(16,17)18)44(56(9)10)46(33(5)68-53)71-43-27-54(8,62)51(35(7)66-43)70-42(61)28-55/h20-21,23-24,31-37,39-40,43-53,59,62H,19,22,25-29H2,1-18H3/b21-20+,30-24+/t31-,32+,33-,34-,35+,36+,37?,39-,40-,43+,44+,45-,46-,47-,48-,49-,50-,51+,52-,53+,54-/m1/s1. The summed E-state index contributed by atoms with van der Waals surface area (Å²) in [5, 5.41) is 23.7. The fraction of sp³-hybridized carbons (Fsp3) is 0.852. The number of ketones is 1. The molecule has 0 radical (unpaired) electrons. The van der Waals surface area contributed by atoms with E-state index in [1.54, 1.807) is 48.0 Å². The minimum Gasteiger partial charge on any atom is -0.462 e. The maximum Gasteiger partial charge on any atom is 0.321 e. The van der Waals surface area contributed by atoms with Crippen LogP contribution in [0.2, 0.25) is 39.3 Å². The number of alkyl halides is 1. The van der Waals surface area contributed by atoms with Crippen molar-refractivity contribution in [1.29, 1.82) is 0 Å². The van der Waals surface area contributed by atoms with Gasteiger partial charge in [0, 0.05) is 44.8 Å². The van der Waals surface area contributed by atoms with Crippen molar-refractivity contribution in [1.82, 2.24) is 4.90 Å². The Bertz CT molecular complexity index is 1930. The van der Waals surface area contributed by atoms with Crippen LogP contribution >= 0.6 is 11.6 Å². The highest BCUT2D eigenvalue weighted by atomic mass is 35.5. The predicted molar refractivity (Wildman–Crippen MR) is 289 cm³/mol. The second-order valence-electron chi connectivity index (χ2n) is 23.8. The smallest absolute Gasteiger partial charge is 0.321 e. The van der Waals surface area contributed by atoms with Crippen LogP contribution in [0.3, 0.4) is 0 Å². The van der Waals surface area contributed by atoms with E-state index in [9.17, 15) is 29.4 Å². The van der Waals surface area contributed by atoms with Gasteiger partial charge >= 0.3 is 11.9 Å². The Kier molecular flexibility index (Phi) is 25.4. The predicted octanol–water partition coefficient (Wildman–Crippen LogP) is 6.34. The maximum atomic E-state index is 14.1. The van der Waals surface area contributed by atoms with Crippen molar-refractivity contribution >= 4 is 52.2 Å². The van der Waals surface area contributed by atoms with Gasteiger partial charge in [0.1, 0.15) is 48.3 Å². The highest BCUT2D eigenvalue weighted by Crippen LogP contribution is 2.40. The zero-order valence-electron chi connectivity index (χ0n) is 48.6. The third-order valence-corrected chi connectivity index (χ3v) is 16.8. The third-order valence-electron chi connectivity index (χ3n) is 14.7. The summed E-state index contributed by atoms with van der Waals surface area (Å²) in [6, 6.07) is -0.553. The van der Waals surface area contributed by atoms with Crippen molar-refractivity contribution < 1.29 is 85.6 Å². The number of halogens is 1. The van der Waals surface area contributed by atoms with Crippen LogP contribution in [-0.4, -0.2) is 200 Å². The van der Waals surface area contributed by atoms with Crippen LogP contribution in [0, 0.1) is 23.7 Å². The molecule has 3 saturated heterocycles. The Hall–Kier alpha value is -2.04. The number of aldehydes is 1. The van der Waals surface area contributed by atoms with Gasteiger partial charge < -0.3 is 76.1 Å². The number of hydrogen-bond donors (Lipinski definition) is 2. The molecule has 76 heavy (non-hydrogen) atoms. The molecule has 2 N–H and O–H groups in total. The topological polar surface area (TPSA) is 223 Å². The van der Waals surface area contributed by atoms with E-state index in [1.165, 1.54) is 6.08 Å². The first-order chi connectivity index (χ1) is 35.4. The van der Waals surface area contributed by atoms with Gasteiger partial charge in [0.05, 0.1) is 55.7 Å². The minimum absolute atomic E-state index is 0.0282. The maximum absolute atomic E-state index is 14.1. The summed E-state index contributed by atoms with van der Waals surface area (Å²) in [7, 11) is 2.46. The van der Waals surface area contributed by atoms with Gasteiger partial charge in [0.25, 0.3) is 0 Å².